The fourth-order valence-corrected chi connectivity index (χ4v) is 3.27. The highest BCUT2D eigenvalue weighted by atomic mass is 35.5. The zero-order valence-corrected chi connectivity index (χ0v) is 13.9. The predicted molar refractivity (Wildman–Crippen MR) is 94.3 cm³/mol. The number of rotatable bonds is 4. The van der Waals surface area contributed by atoms with Gasteiger partial charge in [0.2, 0.25) is 0 Å². The third-order valence-corrected chi connectivity index (χ3v) is 4.39. The van der Waals surface area contributed by atoms with E-state index in [-0.39, 0.29) is 12.1 Å². The molecule has 1 amide bonds. The second-order valence-electron chi connectivity index (χ2n) is 5.46. The van der Waals surface area contributed by atoms with E-state index in [9.17, 15) is 4.79 Å². The van der Waals surface area contributed by atoms with Crippen molar-refractivity contribution in [3.8, 4) is 0 Å². The standard InChI is InChI=1S/C17H19ClN4O/c1-3-16-21(2)13-8-7-12(10-14(13)22(16)11-18)17(23)20-15-6-4-5-9-19-15/h4-10,16H,3,11H2,1-2H3,(H,19,20,23). The number of pyridine rings is 1. The van der Waals surface area contributed by atoms with Crippen LogP contribution in [0.25, 0.3) is 0 Å². The smallest absolute Gasteiger partial charge is 0.256 e. The number of benzene rings is 1. The van der Waals surface area contributed by atoms with Crippen molar-refractivity contribution in [1.82, 2.24) is 4.98 Å². The molecule has 3 rings (SSSR count). The average molecular weight is 331 g/mol. The lowest BCUT2D eigenvalue weighted by molar-refractivity contribution is 0.102. The number of hydrogen-bond donors (Lipinski definition) is 1. The van der Waals surface area contributed by atoms with Crippen LogP contribution in [0.3, 0.4) is 0 Å². The monoisotopic (exact) mass is 330 g/mol. The van der Waals surface area contributed by atoms with Crippen LogP contribution < -0.4 is 15.1 Å². The minimum absolute atomic E-state index is 0.177. The van der Waals surface area contributed by atoms with E-state index >= 15 is 0 Å². The second-order valence-corrected chi connectivity index (χ2v) is 5.70. The van der Waals surface area contributed by atoms with Crippen LogP contribution in [0.1, 0.15) is 23.7 Å². The highest BCUT2D eigenvalue weighted by molar-refractivity contribution is 6.19. The van der Waals surface area contributed by atoms with Gasteiger partial charge >= 0.3 is 0 Å². The van der Waals surface area contributed by atoms with E-state index in [1.54, 1.807) is 12.3 Å². The maximum Gasteiger partial charge on any atom is 0.256 e. The molecule has 1 N–H and O–H groups in total. The zero-order chi connectivity index (χ0) is 16.4. The summed E-state index contributed by atoms with van der Waals surface area (Å²) in [5, 5.41) is 2.80. The maximum atomic E-state index is 12.4. The third kappa shape index (κ3) is 2.84. The van der Waals surface area contributed by atoms with Gasteiger partial charge < -0.3 is 15.1 Å². The fraction of sp³-hybridized carbons (Fsp3) is 0.294. The molecule has 1 atom stereocenters. The minimum Gasteiger partial charge on any atom is -0.353 e. The Labute approximate surface area is 140 Å². The summed E-state index contributed by atoms with van der Waals surface area (Å²) in [6.07, 6.45) is 2.82. The van der Waals surface area contributed by atoms with Crippen molar-refractivity contribution < 1.29 is 4.79 Å². The number of fused-ring (bicyclic) bond motifs is 1. The zero-order valence-electron chi connectivity index (χ0n) is 13.2. The number of hydrogen-bond acceptors (Lipinski definition) is 4. The van der Waals surface area contributed by atoms with Gasteiger partial charge in [0.1, 0.15) is 12.0 Å². The van der Waals surface area contributed by atoms with Gasteiger partial charge in [-0.3, -0.25) is 4.79 Å². The third-order valence-electron chi connectivity index (χ3n) is 4.13. The number of amides is 1. The summed E-state index contributed by atoms with van der Waals surface area (Å²) >= 11 is 6.12. The molecule has 5 nitrogen and oxygen atoms in total. The molecule has 1 aromatic heterocycles. The number of nitrogens with zero attached hydrogens (tertiary/aromatic N) is 3. The molecular weight excluding hydrogens is 312 g/mol. The van der Waals surface area contributed by atoms with Crippen molar-refractivity contribution in [2.75, 3.05) is 28.2 Å². The van der Waals surface area contributed by atoms with Crippen LogP contribution >= 0.6 is 11.6 Å². The van der Waals surface area contributed by atoms with Gasteiger partial charge in [-0.05, 0) is 36.8 Å². The van der Waals surface area contributed by atoms with Gasteiger partial charge in [0.15, 0.2) is 0 Å². The van der Waals surface area contributed by atoms with Gasteiger partial charge in [-0.1, -0.05) is 13.0 Å². The van der Waals surface area contributed by atoms with Gasteiger partial charge in [0, 0.05) is 18.8 Å². The fourth-order valence-electron chi connectivity index (χ4n) is 2.99. The Morgan fingerprint density at radius 1 is 1.30 bits per heavy atom. The first-order valence-electron chi connectivity index (χ1n) is 7.57. The highest BCUT2D eigenvalue weighted by Crippen LogP contribution is 2.40. The van der Waals surface area contributed by atoms with Crippen molar-refractivity contribution in [3.63, 3.8) is 0 Å². The van der Waals surface area contributed by atoms with Gasteiger partial charge in [-0.15, -0.1) is 11.6 Å². The molecule has 1 aliphatic heterocycles. The Bertz CT molecular complexity index is 707. The molecule has 0 saturated carbocycles. The molecule has 2 aromatic rings. The summed E-state index contributed by atoms with van der Waals surface area (Å²) in [5.74, 6) is 0.361. The molecule has 0 radical (unpaired) electrons. The van der Waals surface area contributed by atoms with E-state index in [1.807, 2.05) is 37.4 Å². The molecule has 1 aliphatic rings. The lowest BCUT2D eigenvalue weighted by atomic mass is 10.1. The molecular formula is C17H19ClN4O. The Morgan fingerprint density at radius 3 is 2.78 bits per heavy atom. The number of alkyl halides is 1. The molecule has 1 unspecified atom stereocenters. The number of carbonyl (C=O) groups excluding carboxylic acids is 1. The normalized spacial score (nSPS) is 16.4. The Hall–Kier alpha value is -2.27. The van der Waals surface area contributed by atoms with Crippen LogP contribution in [-0.2, 0) is 0 Å². The van der Waals surface area contributed by atoms with Crippen LogP contribution in [0.4, 0.5) is 17.2 Å². The summed E-state index contributed by atoms with van der Waals surface area (Å²) in [6.45, 7) is 2.13. The molecule has 0 bridgehead atoms. The van der Waals surface area contributed by atoms with Crippen LogP contribution in [0.15, 0.2) is 42.6 Å². The van der Waals surface area contributed by atoms with Crippen molar-refractivity contribution in [2.45, 2.75) is 19.5 Å². The topological polar surface area (TPSA) is 48.5 Å². The summed E-state index contributed by atoms with van der Waals surface area (Å²) in [5.41, 5.74) is 2.67. The number of halogens is 1. The molecule has 1 aromatic carbocycles. The quantitative estimate of drug-likeness (QED) is 0.688. The average Bonchev–Trinajstić information content (AvgIpc) is 2.86. The first-order valence-corrected chi connectivity index (χ1v) is 8.11. The van der Waals surface area contributed by atoms with E-state index in [4.69, 9.17) is 11.6 Å². The van der Waals surface area contributed by atoms with Crippen LogP contribution in [-0.4, -0.2) is 30.1 Å². The summed E-state index contributed by atoms with van der Waals surface area (Å²) in [7, 11) is 2.05. The highest BCUT2D eigenvalue weighted by Gasteiger charge is 2.32. The first-order chi connectivity index (χ1) is 11.2. The number of anilines is 3. The lowest BCUT2D eigenvalue weighted by Crippen LogP contribution is -2.40. The number of carbonyl (C=O) groups is 1. The van der Waals surface area contributed by atoms with Crippen LogP contribution in [0, 0.1) is 0 Å². The lowest BCUT2D eigenvalue weighted by Gasteiger charge is -2.28. The SMILES string of the molecule is CCC1N(C)c2ccc(C(=O)Nc3ccccn3)cc2N1CCl. The first kappa shape index (κ1) is 15.6. The second kappa shape index (κ2) is 6.46. The summed E-state index contributed by atoms with van der Waals surface area (Å²) < 4.78 is 0. The molecule has 0 aliphatic carbocycles. The Morgan fingerprint density at radius 2 is 2.13 bits per heavy atom. The van der Waals surface area contributed by atoms with Crippen molar-refractivity contribution in [1.29, 1.82) is 0 Å². The van der Waals surface area contributed by atoms with E-state index in [0.717, 1.165) is 17.8 Å². The Kier molecular flexibility index (Phi) is 4.39. The molecule has 2 heterocycles. The molecule has 0 spiro atoms. The van der Waals surface area contributed by atoms with Gasteiger partial charge in [0.25, 0.3) is 5.91 Å². The molecule has 0 saturated heterocycles. The number of aromatic nitrogens is 1. The molecule has 23 heavy (non-hydrogen) atoms. The van der Waals surface area contributed by atoms with Crippen molar-refractivity contribution in [2.24, 2.45) is 0 Å². The molecule has 0 fully saturated rings. The van der Waals surface area contributed by atoms with E-state index in [0.29, 0.717) is 17.4 Å². The molecule has 120 valence electrons. The van der Waals surface area contributed by atoms with E-state index < -0.39 is 0 Å². The Balaban J connectivity index is 1.88. The van der Waals surface area contributed by atoms with Gasteiger partial charge in [-0.25, -0.2) is 4.98 Å². The van der Waals surface area contributed by atoms with Gasteiger partial charge in [-0.2, -0.15) is 0 Å². The predicted octanol–water partition coefficient (Wildman–Crippen LogP) is 3.52. The minimum atomic E-state index is -0.177. The van der Waals surface area contributed by atoms with Crippen molar-refractivity contribution >= 4 is 34.7 Å². The van der Waals surface area contributed by atoms with Crippen molar-refractivity contribution in [3.05, 3.63) is 48.2 Å². The number of nitrogens with one attached hydrogen (secondary N) is 1. The van der Waals surface area contributed by atoms with E-state index in [2.05, 4.69) is 27.0 Å². The largest absolute Gasteiger partial charge is 0.353 e. The molecule has 6 heteroatoms. The van der Waals surface area contributed by atoms with Gasteiger partial charge in [0.05, 0.1) is 17.4 Å². The summed E-state index contributed by atoms with van der Waals surface area (Å²) in [6, 6.07) is 11.5. The summed E-state index contributed by atoms with van der Waals surface area (Å²) in [4.78, 5) is 20.8. The maximum absolute atomic E-state index is 12.4. The van der Waals surface area contributed by atoms with Crippen LogP contribution in [0.2, 0.25) is 0 Å². The van der Waals surface area contributed by atoms with E-state index in [1.165, 1.54) is 0 Å². The van der Waals surface area contributed by atoms with Crippen LogP contribution in [0.5, 0.6) is 0 Å².